The average molecular weight is 506 g/mol. The minimum atomic E-state index is -4.68. The third-order valence-electron chi connectivity index (χ3n) is 4.90. The number of nitrogens with zero attached hydrogens (tertiary/aromatic N) is 1. The van der Waals surface area contributed by atoms with Gasteiger partial charge in [-0.1, -0.05) is 42.5 Å². The zero-order valence-electron chi connectivity index (χ0n) is 18.6. The lowest BCUT2D eigenvalue weighted by molar-refractivity contribution is -0.137. The maximum atomic E-state index is 13.4. The van der Waals surface area contributed by atoms with Crippen LogP contribution in [0.5, 0.6) is 5.75 Å². The van der Waals surface area contributed by atoms with Gasteiger partial charge in [0.1, 0.15) is 12.4 Å². The predicted octanol–water partition coefficient (Wildman–Crippen LogP) is 5.75. The summed E-state index contributed by atoms with van der Waals surface area (Å²) in [4.78, 5) is 11.0. The smallest absolute Gasteiger partial charge is 0.416 e. The van der Waals surface area contributed by atoms with Crippen LogP contribution in [-0.4, -0.2) is 26.0 Å². The molecule has 0 fully saturated rings. The number of anilines is 1. The Labute approximate surface area is 200 Å². The van der Waals surface area contributed by atoms with E-state index in [0.29, 0.717) is 11.1 Å². The molecule has 0 aliphatic heterocycles. The van der Waals surface area contributed by atoms with Crippen molar-refractivity contribution in [3.63, 3.8) is 0 Å². The fourth-order valence-corrected chi connectivity index (χ4v) is 4.74. The van der Waals surface area contributed by atoms with Crippen LogP contribution in [0.25, 0.3) is 0 Å². The highest BCUT2D eigenvalue weighted by Crippen LogP contribution is 2.39. The molecule has 1 N–H and O–H groups in total. The molecule has 3 aromatic rings. The number of halogens is 3. The van der Waals surface area contributed by atoms with Crippen molar-refractivity contribution in [2.75, 3.05) is 10.8 Å². The molecule has 0 atom stereocenters. The van der Waals surface area contributed by atoms with Crippen molar-refractivity contribution in [3.8, 4) is 5.75 Å². The molecule has 3 rings (SSSR count). The Hall–Kier alpha value is -3.79. The van der Waals surface area contributed by atoms with E-state index in [-0.39, 0.29) is 35.0 Å². The number of carbonyl (C=O) groups is 1. The standard InChI is InChI=1S/C25H22F3NO5S/c1-17(2)15-29(35(32,33)21-6-4-3-5-7-21)22-13-12-20(25(26,27)28)14-23(22)34-16-18-8-10-19(11-9-18)24(30)31/h3-14H,1,15-16H2,2H3,(H,30,31). The Morgan fingerprint density at radius 3 is 2.20 bits per heavy atom. The van der Waals surface area contributed by atoms with Gasteiger partial charge < -0.3 is 9.84 Å². The molecule has 0 amide bonds. The molecule has 3 aromatic carbocycles. The first-order chi connectivity index (χ1) is 16.4. The molecule has 0 spiro atoms. The number of hydrogen-bond donors (Lipinski definition) is 1. The summed E-state index contributed by atoms with van der Waals surface area (Å²) in [6.07, 6.45) is -4.68. The molecule has 0 heterocycles. The number of carboxylic acids is 1. The second kappa shape index (κ2) is 10.2. The lowest BCUT2D eigenvalue weighted by atomic mass is 10.1. The number of ether oxygens (including phenoxy) is 1. The molecule has 0 saturated carbocycles. The van der Waals surface area contributed by atoms with Crippen LogP contribution in [0, 0.1) is 0 Å². The third-order valence-corrected chi connectivity index (χ3v) is 6.67. The second-order valence-corrected chi connectivity index (χ2v) is 9.62. The minimum absolute atomic E-state index is 0.0371. The number of rotatable bonds is 9. The van der Waals surface area contributed by atoms with E-state index in [2.05, 4.69) is 6.58 Å². The molecular formula is C25H22F3NO5S. The van der Waals surface area contributed by atoms with Gasteiger partial charge in [-0.25, -0.2) is 13.2 Å². The van der Waals surface area contributed by atoms with E-state index in [9.17, 15) is 26.4 Å². The molecule has 0 bridgehead atoms. The Bertz CT molecular complexity index is 1320. The summed E-state index contributed by atoms with van der Waals surface area (Å²) in [6.45, 7) is 4.94. The van der Waals surface area contributed by atoms with Crippen LogP contribution in [0.4, 0.5) is 18.9 Å². The van der Waals surface area contributed by atoms with E-state index in [0.717, 1.165) is 22.5 Å². The Morgan fingerprint density at radius 1 is 1.03 bits per heavy atom. The summed E-state index contributed by atoms with van der Waals surface area (Å²) in [5.74, 6) is -1.43. The van der Waals surface area contributed by atoms with Crippen molar-refractivity contribution in [2.45, 2.75) is 24.6 Å². The maximum absolute atomic E-state index is 13.4. The summed E-state index contributed by atoms with van der Waals surface area (Å²) in [5.41, 5.74) is -0.123. The van der Waals surface area contributed by atoms with Gasteiger partial charge in [0.05, 0.1) is 28.3 Å². The highest BCUT2D eigenvalue weighted by Gasteiger charge is 2.34. The normalized spacial score (nSPS) is 11.7. The Morgan fingerprint density at radius 2 is 1.66 bits per heavy atom. The van der Waals surface area contributed by atoms with Crippen molar-refractivity contribution in [2.24, 2.45) is 0 Å². The van der Waals surface area contributed by atoms with Crippen molar-refractivity contribution >= 4 is 21.7 Å². The van der Waals surface area contributed by atoms with Gasteiger partial charge in [0.15, 0.2) is 0 Å². The van der Waals surface area contributed by atoms with Crippen molar-refractivity contribution in [1.82, 2.24) is 0 Å². The first-order valence-corrected chi connectivity index (χ1v) is 11.7. The molecule has 0 aliphatic rings. The van der Waals surface area contributed by atoms with Crippen molar-refractivity contribution in [1.29, 1.82) is 0 Å². The fraction of sp³-hybridized carbons (Fsp3) is 0.160. The van der Waals surface area contributed by atoms with Gasteiger partial charge in [0.2, 0.25) is 0 Å². The number of benzene rings is 3. The molecule has 6 nitrogen and oxygen atoms in total. The lowest BCUT2D eigenvalue weighted by Crippen LogP contribution is -2.33. The molecule has 0 aliphatic carbocycles. The van der Waals surface area contributed by atoms with Gasteiger partial charge in [-0.2, -0.15) is 13.2 Å². The number of aromatic carboxylic acids is 1. The average Bonchev–Trinajstić information content (AvgIpc) is 2.81. The van der Waals surface area contributed by atoms with Crippen molar-refractivity contribution in [3.05, 3.63) is 102 Å². The number of sulfonamides is 1. The van der Waals surface area contributed by atoms with Crippen LogP contribution in [-0.2, 0) is 22.8 Å². The summed E-state index contributed by atoms with van der Waals surface area (Å²) in [6, 6.07) is 15.7. The van der Waals surface area contributed by atoms with Crippen LogP contribution in [0.15, 0.2) is 89.8 Å². The first kappa shape index (κ1) is 25.8. The molecule has 0 unspecified atom stereocenters. The van der Waals surface area contributed by atoms with E-state index in [1.807, 2.05) is 0 Å². The summed E-state index contributed by atoms with van der Waals surface area (Å²) in [5, 5.41) is 9.02. The Balaban J connectivity index is 2.07. The number of hydrogen-bond acceptors (Lipinski definition) is 4. The van der Waals surface area contributed by atoms with Crippen molar-refractivity contribution < 1.29 is 36.2 Å². The van der Waals surface area contributed by atoms with Gasteiger partial charge >= 0.3 is 12.1 Å². The van der Waals surface area contributed by atoms with E-state index >= 15 is 0 Å². The summed E-state index contributed by atoms with van der Waals surface area (Å²) in [7, 11) is -4.17. The molecule has 10 heteroatoms. The SMILES string of the molecule is C=C(C)CN(c1ccc(C(F)(F)F)cc1OCc1ccc(C(=O)O)cc1)S(=O)(=O)c1ccccc1. The summed E-state index contributed by atoms with van der Waals surface area (Å²) >= 11 is 0. The quantitative estimate of drug-likeness (QED) is 0.374. The van der Waals surface area contributed by atoms with Gasteiger partial charge in [-0.3, -0.25) is 4.31 Å². The van der Waals surface area contributed by atoms with Gasteiger partial charge in [0.25, 0.3) is 10.0 Å². The number of carboxylic acid groups (broad SMARTS) is 1. The summed E-state index contributed by atoms with van der Waals surface area (Å²) < 4.78 is 73.8. The fourth-order valence-electron chi connectivity index (χ4n) is 3.18. The van der Waals surface area contributed by atoms with E-state index in [4.69, 9.17) is 9.84 Å². The highest BCUT2D eigenvalue weighted by molar-refractivity contribution is 7.92. The molecule has 0 aromatic heterocycles. The lowest BCUT2D eigenvalue weighted by Gasteiger charge is -2.27. The monoisotopic (exact) mass is 505 g/mol. The van der Waals surface area contributed by atoms with Crippen LogP contribution in [0.3, 0.4) is 0 Å². The third kappa shape index (κ3) is 6.21. The van der Waals surface area contributed by atoms with Crippen LogP contribution < -0.4 is 9.04 Å². The first-order valence-electron chi connectivity index (χ1n) is 10.3. The number of alkyl halides is 3. The molecule has 0 saturated heterocycles. The van der Waals surface area contributed by atoms with Crippen LogP contribution in [0.1, 0.15) is 28.4 Å². The topological polar surface area (TPSA) is 83.9 Å². The van der Waals surface area contributed by atoms with E-state index < -0.39 is 27.7 Å². The van der Waals surface area contributed by atoms with Crippen LogP contribution >= 0.6 is 0 Å². The minimum Gasteiger partial charge on any atom is -0.487 e. The van der Waals surface area contributed by atoms with Gasteiger partial charge in [-0.05, 0) is 55.0 Å². The van der Waals surface area contributed by atoms with Gasteiger partial charge in [-0.15, -0.1) is 0 Å². The predicted molar refractivity (Wildman–Crippen MR) is 125 cm³/mol. The largest absolute Gasteiger partial charge is 0.487 e. The molecule has 184 valence electrons. The second-order valence-electron chi connectivity index (χ2n) is 7.75. The van der Waals surface area contributed by atoms with E-state index in [1.165, 1.54) is 48.5 Å². The van der Waals surface area contributed by atoms with Gasteiger partial charge in [0, 0.05) is 0 Å². The molecule has 0 radical (unpaired) electrons. The maximum Gasteiger partial charge on any atom is 0.416 e. The zero-order valence-corrected chi connectivity index (χ0v) is 19.4. The highest BCUT2D eigenvalue weighted by atomic mass is 32.2. The molecule has 35 heavy (non-hydrogen) atoms. The Kier molecular flexibility index (Phi) is 7.54. The zero-order chi connectivity index (χ0) is 25.8. The van der Waals surface area contributed by atoms with Crippen LogP contribution in [0.2, 0.25) is 0 Å². The van der Waals surface area contributed by atoms with E-state index in [1.54, 1.807) is 13.0 Å². The molecular weight excluding hydrogens is 483 g/mol.